The Hall–Kier alpha value is -6.85. The van der Waals surface area contributed by atoms with Crippen molar-refractivity contribution >= 4 is 38.5 Å². The molecule has 2 aliphatic heterocycles. The van der Waals surface area contributed by atoms with E-state index in [1.54, 1.807) is 0 Å². The van der Waals surface area contributed by atoms with Crippen molar-refractivity contribution in [3.63, 3.8) is 0 Å². The third-order valence-corrected chi connectivity index (χ3v) is 10.2. The lowest BCUT2D eigenvalue weighted by Gasteiger charge is -2.27. The van der Waals surface area contributed by atoms with E-state index >= 15 is 0 Å². The molecule has 2 aliphatic rings. The van der Waals surface area contributed by atoms with Crippen molar-refractivity contribution in [2.24, 2.45) is 0 Å². The van der Waals surface area contributed by atoms with E-state index in [9.17, 15) is 0 Å². The number of rotatable bonds is 6. The van der Waals surface area contributed by atoms with Crippen molar-refractivity contribution < 1.29 is 4.42 Å². The summed E-state index contributed by atoms with van der Waals surface area (Å²) in [4.78, 5) is 4.26. The highest BCUT2D eigenvalue weighted by Gasteiger charge is 2.24. The Morgan fingerprint density at radius 3 is 2.27 bits per heavy atom. The van der Waals surface area contributed by atoms with Crippen LogP contribution in [0.4, 0.5) is 0 Å². The van der Waals surface area contributed by atoms with Crippen LogP contribution in [0.25, 0.3) is 66.6 Å². The van der Waals surface area contributed by atoms with Crippen molar-refractivity contribution in [1.82, 2.24) is 20.2 Å². The number of hydrogen-bond donors (Lipinski definition) is 2. The molecule has 10 rings (SSSR count). The predicted octanol–water partition coefficient (Wildman–Crippen LogP) is 10.9. The highest BCUT2D eigenvalue weighted by atomic mass is 16.3. The second kappa shape index (κ2) is 12.5. The number of furan rings is 1. The van der Waals surface area contributed by atoms with Gasteiger partial charge in [0.25, 0.3) is 0 Å². The van der Waals surface area contributed by atoms with Gasteiger partial charge in [-0.25, -0.2) is 0 Å². The summed E-state index contributed by atoms with van der Waals surface area (Å²) in [6, 6.07) is 47.2. The minimum Gasteiger partial charge on any atom is -0.455 e. The number of pyridine rings is 1. The molecule has 52 heavy (non-hydrogen) atoms. The van der Waals surface area contributed by atoms with E-state index in [1.807, 2.05) is 24.7 Å². The van der Waals surface area contributed by atoms with Gasteiger partial charge in [0.2, 0.25) is 0 Å². The summed E-state index contributed by atoms with van der Waals surface area (Å²) in [5.74, 6) is 0.885. The molecule has 5 heterocycles. The molecule has 0 spiro atoms. The molecule has 5 aromatic carbocycles. The van der Waals surface area contributed by atoms with Crippen LogP contribution in [0.15, 0.2) is 192 Å². The van der Waals surface area contributed by atoms with Crippen molar-refractivity contribution in [3.05, 3.63) is 199 Å². The number of para-hydroxylation sites is 1. The Morgan fingerprint density at radius 2 is 1.46 bits per heavy atom. The molecule has 0 fully saturated rings. The zero-order valence-corrected chi connectivity index (χ0v) is 28.3. The van der Waals surface area contributed by atoms with Crippen LogP contribution in [0.2, 0.25) is 0 Å². The van der Waals surface area contributed by atoms with Gasteiger partial charge >= 0.3 is 0 Å². The van der Waals surface area contributed by atoms with Gasteiger partial charge in [0, 0.05) is 57.8 Å². The molecule has 5 nitrogen and oxygen atoms in total. The first-order chi connectivity index (χ1) is 25.8. The highest BCUT2D eigenvalue weighted by molar-refractivity contribution is 6.22. The van der Waals surface area contributed by atoms with Crippen LogP contribution in [-0.4, -0.2) is 16.1 Å². The predicted molar refractivity (Wildman–Crippen MR) is 213 cm³/mol. The minimum atomic E-state index is -0.0426. The van der Waals surface area contributed by atoms with Gasteiger partial charge in [-0.05, 0) is 89.2 Å². The summed E-state index contributed by atoms with van der Waals surface area (Å²) < 4.78 is 9.38. The number of fused-ring (bicyclic) bond motifs is 5. The second-order valence-electron chi connectivity index (χ2n) is 13.3. The van der Waals surface area contributed by atoms with Gasteiger partial charge in [0.1, 0.15) is 11.3 Å². The first-order valence-electron chi connectivity index (χ1n) is 17.7. The summed E-state index contributed by atoms with van der Waals surface area (Å²) >= 11 is 0. The minimum absolute atomic E-state index is 0.0426. The lowest BCUT2D eigenvalue weighted by molar-refractivity contribution is 0.636. The largest absolute Gasteiger partial charge is 0.455 e. The first-order valence-corrected chi connectivity index (χ1v) is 17.7. The van der Waals surface area contributed by atoms with E-state index < -0.39 is 0 Å². The second-order valence-corrected chi connectivity index (χ2v) is 13.3. The number of aromatic nitrogens is 2. The molecule has 0 saturated carbocycles. The Morgan fingerprint density at radius 1 is 0.673 bits per heavy atom. The van der Waals surface area contributed by atoms with Gasteiger partial charge in [-0.2, -0.15) is 0 Å². The third kappa shape index (κ3) is 5.05. The highest BCUT2D eigenvalue weighted by Crippen LogP contribution is 2.46. The zero-order valence-electron chi connectivity index (χ0n) is 28.3. The molecule has 3 aromatic heterocycles. The molecular weight excluding hydrogens is 637 g/mol. The Bertz CT molecular complexity index is 2750. The monoisotopic (exact) mass is 670 g/mol. The molecule has 1 unspecified atom stereocenters. The maximum Gasteiger partial charge on any atom is 0.145 e. The topological polar surface area (TPSA) is 55.0 Å². The molecule has 0 bridgehead atoms. The molecule has 0 aliphatic carbocycles. The van der Waals surface area contributed by atoms with E-state index in [2.05, 4.69) is 172 Å². The molecule has 5 heteroatoms. The van der Waals surface area contributed by atoms with Gasteiger partial charge < -0.3 is 19.6 Å². The Kier molecular flexibility index (Phi) is 7.21. The molecule has 8 aromatic rings. The Labute approximate surface area is 301 Å². The standard InChI is InChI=1S/C47H34N4O/c1-3-10-33(11-4-1)44-39-18-19-43-45(47(39)52-46(44)34-12-5-2-6-13-34)38-16-7-8-17-42(38)51(43)37-15-9-14-35(28-37)41-30-36(31-20-24-48-25-21-31)29-40(50-41)32-22-26-49-27-23-32/h1-24,26-30,41,48,50H,25H2. The molecule has 0 amide bonds. The van der Waals surface area contributed by atoms with Crippen molar-refractivity contribution in [2.45, 2.75) is 6.04 Å². The number of allylic oxidation sites excluding steroid dienone is 4. The Balaban J connectivity index is 1.15. The lowest BCUT2D eigenvalue weighted by atomic mass is 9.92. The van der Waals surface area contributed by atoms with Crippen LogP contribution >= 0.6 is 0 Å². The summed E-state index contributed by atoms with van der Waals surface area (Å²) in [5.41, 5.74) is 13.3. The van der Waals surface area contributed by atoms with Gasteiger partial charge in [-0.15, -0.1) is 0 Å². The van der Waals surface area contributed by atoms with E-state index in [0.717, 1.165) is 78.7 Å². The maximum atomic E-state index is 7.00. The van der Waals surface area contributed by atoms with Crippen molar-refractivity contribution in [2.75, 3.05) is 6.54 Å². The molecule has 248 valence electrons. The average molecular weight is 671 g/mol. The van der Waals surface area contributed by atoms with Crippen LogP contribution in [0.1, 0.15) is 17.2 Å². The van der Waals surface area contributed by atoms with E-state index in [4.69, 9.17) is 4.42 Å². The van der Waals surface area contributed by atoms with Crippen LogP contribution in [0.5, 0.6) is 0 Å². The maximum absolute atomic E-state index is 7.00. The molecule has 2 N–H and O–H groups in total. The summed E-state index contributed by atoms with van der Waals surface area (Å²) in [6.45, 7) is 0.811. The quantitative estimate of drug-likeness (QED) is 0.185. The fraction of sp³-hybridized carbons (Fsp3) is 0.0426. The smallest absolute Gasteiger partial charge is 0.145 e. The zero-order chi connectivity index (χ0) is 34.4. The number of hydrogen-bond acceptors (Lipinski definition) is 4. The number of nitrogens with one attached hydrogen (secondary N) is 2. The average Bonchev–Trinajstić information content (AvgIpc) is 3.78. The number of dihydropyridines is 2. The fourth-order valence-corrected chi connectivity index (χ4v) is 7.79. The SMILES string of the molecule is C1=CC(C2=CC(c3cccc(-n4c5ccccc5c5c6oc(-c7ccccc7)c(-c7ccccc7)c6ccc54)c3)NC(c3ccncc3)=C2)=CCN1. The van der Waals surface area contributed by atoms with Crippen LogP contribution in [0.3, 0.4) is 0 Å². The van der Waals surface area contributed by atoms with Crippen molar-refractivity contribution in [1.29, 1.82) is 0 Å². The van der Waals surface area contributed by atoms with Gasteiger partial charge in [-0.1, -0.05) is 97.1 Å². The summed E-state index contributed by atoms with van der Waals surface area (Å²) in [6.07, 6.45) is 14.7. The molecule has 0 radical (unpaired) electrons. The summed E-state index contributed by atoms with van der Waals surface area (Å²) in [7, 11) is 0. The first kappa shape index (κ1) is 30.0. The van der Waals surface area contributed by atoms with E-state index in [1.165, 1.54) is 16.7 Å². The van der Waals surface area contributed by atoms with Crippen LogP contribution < -0.4 is 10.6 Å². The van der Waals surface area contributed by atoms with Gasteiger partial charge in [0.15, 0.2) is 0 Å². The molecule has 0 saturated heterocycles. The van der Waals surface area contributed by atoms with E-state index in [0.29, 0.717) is 0 Å². The van der Waals surface area contributed by atoms with E-state index in [-0.39, 0.29) is 6.04 Å². The summed E-state index contributed by atoms with van der Waals surface area (Å²) in [5, 5.41) is 10.5. The van der Waals surface area contributed by atoms with Crippen LogP contribution in [-0.2, 0) is 0 Å². The number of benzene rings is 5. The normalized spacial score (nSPS) is 15.6. The lowest BCUT2D eigenvalue weighted by Crippen LogP contribution is -2.23. The van der Waals surface area contributed by atoms with Crippen molar-refractivity contribution in [3.8, 4) is 28.1 Å². The van der Waals surface area contributed by atoms with Gasteiger partial charge in [-0.3, -0.25) is 4.98 Å². The number of nitrogens with zero attached hydrogens (tertiary/aromatic N) is 2. The molecule has 1 atom stereocenters. The third-order valence-electron chi connectivity index (χ3n) is 10.2. The van der Waals surface area contributed by atoms with Crippen LogP contribution in [0, 0.1) is 0 Å². The van der Waals surface area contributed by atoms with Gasteiger partial charge in [0.05, 0.1) is 22.5 Å². The fourth-order valence-electron chi connectivity index (χ4n) is 7.79. The molecular formula is C47H34N4O.